The fraction of sp³-hybridized carbons (Fsp3) is 0.753. The molecule has 3 N–H and O–H groups in total. The molecule has 0 aromatic heterocycles. The van der Waals surface area contributed by atoms with Gasteiger partial charge in [-0.1, -0.05) is 374 Å². The van der Waals surface area contributed by atoms with E-state index in [9.17, 15) is 19.0 Å². The molecule has 0 bridgehead atoms. The van der Waals surface area contributed by atoms with Gasteiger partial charge >= 0.3 is 19.8 Å². The number of nitrogens with two attached hydrogens (primary N) is 1. The molecule has 2 unspecified atom stereocenters. The van der Waals surface area contributed by atoms with Gasteiger partial charge in [-0.25, -0.2) is 4.57 Å². The van der Waals surface area contributed by atoms with E-state index in [0.29, 0.717) is 6.42 Å². The molecule has 0 aromatic carbocycles. The molecule has 0 fully saturated rings. The van der Waals surface area contributed by atoms with Gasteiger partial charge in [-0.15, -0.1) is 0 Å². The molecule has 0 aliphatic carbocycles. The summed E-state index contributed by atoms with van der Waals surface area (Å²) in [6.45, 7) is 3.68. The zero-order valence-electron chi connectivity index (χ0n) is 59.3. The number of allylic oxidation sites excluding steroid dienone is 18. The summed E-state index contributed by atoms with van der Waals surface area (Å²) in [5, 5.41) is 0. The Morgan fingerprint density at radius 3 is 0.901 bits per heavy atom. The van der Waals surface area contributed by atoms with E-state index in [-0.39, 0.29) is 38.6 Å². The van der Waals surface area contributed by atoms with Crippen LogP contribution in [0.2, 0.25) is 0 Å². The molecule has 2 atom stereocenters. The minimum absolute atomic E-state index is 0.0507. The van der Waals surface area contributed by atoms with Crippen LogP contribution < -0.4 is 5.73 Å². The van der Waals surface area contributed by atoms with Crippen molar-refractivity contribution >= 4 is 19.8 Å². The smallest absolute Gasteiger partial charge is 0.462 e. The van der Waals surface area contributed by atoms with Crippen LogP contribution in [0, 0.1) is 0 Å². The number of esters is 2. The van der Waals surface area contributed by atoms with Crippen LogP contribution in [0.1, 0.15) is 361 Å². The third-order valence-corrected chi connectivity index (χ3v) is 17.7. The molecule has 0 aromatic rings. The lowest BCUT2D eigenvalue weighted by molar-refractivity contribution is -0.161. The van der Waals surface area contributed by atoms with Crippen LogP contribution in [0.4, 0.5) is 0 Å². The number of ether oxygens (including phenoxy) is 2. The van der Waals surface area contributed by atoms with Crippen LogP contribution in [0.25, 0.3) is 0 Å². The third kappa shape index (κ3) is 75.6. The molecule has 10 heteroatoms. The lowest BCUT2D eigenvalue weighted by Crippen LogP contribution is -2.29. The van der Waals surface area contributed by atoms with E-state index in [1.807, 2.05) is 0 Å². The molecular formula is C81H144NO8P. The number of carbonyl (C=O) groups excluding carboxylic acids is 2. The van der Waals surface area contributed by atoms with Crippen LogP contribution >= 0.6 is 7.82 Å². The van der Waals surface area contributed by atoms with E-state index >= 15 is 0 Å². The van der Waals surface area contributed by atoms with E-state index in [2.05, 4.69) is 123 Å². The second-order valence-electron chi connectivity index (χ2n) is 25.5. The first kappa shape index (κ1) is 87.7. The molecule has 91 heavy (non-hydrogen) atoms. The molecule has 0 aliphatic rings. The average molecular weight is 1290 g/mol. The highest BCUT2D eigenvalue weighted by Crippen LogP contribution is 2.43. The normalized spacial score (nSPS) is 13.5. The summed E-state index contributed by atoms with van der Waals surface area (Å²) in [5.41, 5.74) is 5.41. The van der Waals surface area contributed by atoms with Gasteiger partial charge in [-0.3, -0.25) is 18.6 Å². The first-order valence-corrected chi connectivity index (χ1v) is 39.9. The van der Waals surface area contributed by atoms with Gasteiger partial charge in [-0.05, 0) is 83.5 Å². The largest absolute Gasteiger partial charge is 0.472 e. The van der Waals surface area contributed by atoms with E-state index in [4.69, 9.17) is 24.3 Å². The van der Waals surface area contributed by atoms with Crippen molar-refractivity contribution in [1.29, 1.82) is 0 Å². The van der Waals surface area contributed by atoms with Crippen molar-refractivity contribution < 1.29 is 37.6 Å². The van der Waals surface area contributed by atoms with Crippen molar-refractivity contribution in [3.63, 3.8) is 0 Å². The summed E-state index contributed by atoms with van der Waals surface area (Å²) < 4.78 is 33.2. The Balaban J connectivity index is 3.86. The fourth-order valence-corrected chi connectivity index (χ4v) is 11.8. The molecule has 0 aliphatic heterocycles. The first-order valence-electron chi connectivity index (χ1n) is 38.4. The van der Waals surface area contributed by atoms with Crippen LogP contribution in [0.5, 0.6) is 0 Å². The van der Waals surface area contributed by atoms with Gasteiger partial charge in [-0.2, -0.15) is 0 Å². The maximum atomic E-state index is 12.8. The SMILES string of the molecule is CC/C=C\C/C=C\C/C=C\C/C=C\C/C=C\C/C=C\C/C=C\C/C=C\C/C=C\CCCCCCCCCCCCCC(=O)OC(COC(=O)CCCCCCCCCCCCCCCCCCCCCCCCCCCCCCCCC)COP(=O)(O)OCCN. The number of rotatable bonds is 72. The average Bonchev–Trinajstić information content (AvgIpc) is 3.71. The Hall–Kier alpha value is -3.33. The van der Waals surface area contributed by atoms with Crippen molar-refractivity contribution in [2.75, 3.05) is 26.4 Å². The predicted octanol–water partition coefficient (Wildman–Crippen LogP) is 25.6. The summed E-state index contributed by atoms with van der Waals surface area (Å²) in [6, 6.07) is 0. The van der Waals surface area contributed by atoms with E-state index < -0.39 is 26.5 Å². The molecule has 9 nitrogen and oxygen atoms in total. The molecule has 0 amide bonds. The zero-order chi connectivity index (χ0) is 65.8. The Labute approximate surface area is 562 Å². The minimum Gasteiger partial charge on any atom is -0.462 e. The molecule has 0 rings (SSSR count). The summed E-state index contributed by atoms with van der Waals surface area (Å²) in [6.07, 6.45) is 105. The van der Waals surface area contributed by atoms with Crippen LogP contribution in [-0.2, 0) is 32.7 Å². The standard InChI is InChI=1S/C81H144NO8P/c1-3-5-7-9-11-13-15-17-19-21-23-25-27-29-31-33-35-36-37-38-39-40-41-42-44-46-48-50-52-54-56-58-60-62-64-66-68-70-72-74-81(84)90-79(78-89-91(85,86)88-76-75-82)77-87-80(83)73-71-69-67-65-63-61-59-57-55-53-51-49-47-45-43-34-32-30-28-26-24-22-20-18-16-14-12-10-8-6-4-2/h5,7,11,13,17,19,23,25,29,31,35-36,38-39,41-42,46,48,79H,3-4,6,8-10,12,14-16,18,20-22,24,26-28,30,32-34,37,40,43-45,47,49-78,82H2,1-2H3,(H,85,86)/b7-5-,13-11-,19-17-,25-23-,31-29-,36-35-,39-38-,42-41-,48-46-. The van der Waals surface area contributed by atoms with Gasteiger partial charge in [0, 0.05) is 19.4 Å². The molecule has 0 saturated carbocycles. The van der Waals surface area contributed by atoms with Gasteiger partial charge in [0.1, 0.15) is 6.61 Å². The number of phosphoric acid groups is 1. The maximum Gasteiger partial charge on any atom is 0.472 e. The number of carbonyl (C=O) groups is 2. The van der Waals surface area contributed by atoms with Gasteiger partial charge in [0.25, 0.3) is 0 Å². The molecule has 0 spiro atoms. The van der Waals surface area contributed by atoms with Crippen LogP contribution in [0.15, 0.2) is 109 Å². The van der Waals surface area contributed by atoms with E-state index in [1.165, 1.54) is 225 Å². The Kier molecular flexibility index (Phi) is 72.9. The minimum atomic E-state index is -4.40. The van der Waals surface area contributed by atoms with Crippen molar-refractivity contribution in [3.05, 3.63) is 109 Å². The number of hydrogen-bond donors (Lipinski definition) is 2. The van der Waals surface area contributed by atoms with Crippen molar-refractivity contribution in [1.82, 2.24) is 0 Å². The van der Waals surface area contributed by atoms with Crippen molar-refractivity contribution in [2.24, 2.45) is 5.73 Å². The molecular weight excluding hydrogens is 1150 g/mol. The highest BCUT2D eigenvalue weighted by atomic mass is 31.2. The second-order valence-corrected chi connectivity index (χ2v) is 27.0. The molecule has 526 valence electrons. The lowest BCUT2D eigenvalue weighted by Gasteiger charge is -2.19. The summed E-state index contributed by atoms with van der Waals surface area (Å²) in [4.78, 5) is 35.4. The zero-order valence-corrected chi connectivity index (χ0v) is 60.2. The fourth-order valence-electron chi connectivity index (χ4n) is 11.0. The number of hydrogen-bond acceptors (Lipinski definition) is 8. The Morgan fingerprint density at radius 1 is 0.341 bits per heavy atom. The summed E-state index contributed by atoms with van der Waals surface area (Å²) in [5.74, 6) is -0.819. The summed E-state index contributed by atoms with van der Waals surface area (Å²) >= 11 is 0. The predicted molar refractivity (Wildman–Crippen MR) is 395 cm³/mol. The van der Waals surface area contributed by atoms with Crippen molar-refractivity contribution in [2.45, 2.75) is 367 Å². The van der Waals surface area contributed by atoms with Gasteiger partial charge < -0.3 is 20.1 Å². The number of unbranched alkanes of at least 4 members (excludes halogenated alkanes) is 41. The van der Waals surface area contributed by atoms with Gasteiger partial charge in [0.15, 0.2) is 6.10 Å². The molecule has 0 radical (unpaired) electrons. The first-order chi connectivity index (χ1) is 44.8. The topological polar surface area (TPSA) is 134 Å². The highest BCUT2D eigenvalue weighted by molar-refractivity contribution is 7.47. The quantitative estimate of drug-likeness (QED) is 0.0264. The molecule has 0 heterocycles. The van der Waals surface area contributed by atoms with E-state index in [1.54, 1.807) is 0 Å². The van der Waals surface area contributed by atoms with E-state index in [0.717, 1.165) is 103 Å². The number of phosphoric ester groups is 1. The molecule has 0 saturated heterocycles. The van der Waals surface area contributed by atoms with Crippen LogP contribution in [0.3, 0.4) is 0 Å². The van der Waals surface area contributed by atoms with Crippen LogP contribution in [-0.4, -0.2) is 49.3 Å². The van der Waals surface area contributed by atoms with Gasteiger partial charge in [0.2, 0.25) is 0 Å². The Bertz CT molecular complexity index is 1860. The van der Waals surface area contributed by atoms with Crippen molar-refractivity contribution in [3.8, 4) is 0 Å². The second kappa shape index (κ2) is 75.7. The summed E-state index contributed by atoms with van der Waals surface area (Å²) in [7, 11) is -4.40. The Morgan fingerprint density at radius 2 is 0.604 bits per heavy atom. The third-order valence-electron chi connectivity index (χ3n) is 16.7. The highest BCUT2D eigenvalue weighted by Gasteiger charge is 2.26. The maximum absolute atomic E-state index is 12.8. The monoisotopic (exact) mass is 1290 g/mol. The lowest BCUT2D eigenvalue weighted by atomic mass is 10.0. The van der Waals surface area contributed by atoms with Gasteiger partial charge in [0.05, 0.1) is 13.2 Å².